The van der Waals surface area contributed by atoms with Crippen molar-refractivity contribution in [3.63, 3.8) is 0 Å². The van der Waals surface area contributed by atoms with Crippen molar-refractivity contribution in [2.75, 3.05) is 6.61 Å². The summed E-state index contributed by atoms with van der Waals surface area (Å²) in [6.45, 7) is 1.32. The highest BCUT2D eigenvalue weighted by Gasteiger charge is 2.46. The minimum absolute atomic E-state index is 0.123. The van der Waals surface area contributed by atoms with Crippen molar-refractivity contribution in [1.82, 2.24) is 0 Å². The lowest BCUT2D eigenvalue weighted by Gasteiger charge is -2.11. The zero-order valence-electron chi connectivity index (χ0n) is 9.38. The van der Waals surface area contributed by atoms with Gasteiger partial charge in [0.25, 0.3) is 0 Å². The summed E-state index contributed by atoms with van der Waals surface area (Å²) in [5, 5.41) is 0.611. The molecule has 0 radical (unpaired) electrons. The molecule has 3 nitrogen and oxygen atoms in total. The first kappa shape index (κ1) is 12.8. The number of benzene rings is 1. The highest BCUT2D eigenvalue weighted by Crippen LogP contribution is 2.36. The van der Waals surface area contributed by atoms with Crippen LogP contribution in [0.5, 0.6) is 0 Å². The predicted octanol–water partition coefficient (Wildman–Crippen LogP) is 3.74. The summed E-state index contributed by atoms with van der Waals surface area (Å²) in [5.41, 5.74) is 0.123. The SMILES string of the molecule is CCOC(=O)C(F)(F)c1cc2cccc(Cl)c2o1. The first-order chi connectivity index (χ1) is 8.46. The number of alkyl halides is 2. The van der Waals surface area contributed by atoms with E-state index in [1.165, 1.54) is 13.0 Å². The van der Waals surface area contributed by atoms with E-state index in [0.717, 1.165) is 6.07 Å². The van der Waals surface area contributed by atoms with Crippen LogP contribution in [0.25, 0.3) is 11.0 Å². The Kier molecular flexibility index (Phi) is 3.26. The van der Waals surface area contributed by atoms with Crippen LogP contribution in [0.3, 0.4) is 0 Å². The van der Waals surface area contributed by atoms with Gasteiger partial charge in [0.05, 0.1) is 11.6 Å². The largest absolute Gasteiger partial charge is 0.461 e. The van der Waals surface area contributed by atoms with Gasteiger partial charge in [-0.1, -0.05) is 23.7 Å². The van der Waals surface area contributed by atoms with Crippen LogP contribution >= 0.6 is 11.6 Å². The monoisotopic (exact) mass is 274 g/mol. The molecule has 0 spiro atoms. The van der Waals surface area contributed by atoms with Crippen LogP contribution in [0.1, 0.15) is 12.7 Å². The summed E-state index contributed by atoms with van der Waals surface area (Å²) in [6.07, 6.45) is 0. The number of fused-ring (bicyclic) bond motifs is 1. The molecule has 0 saturated carbocycles. The minimum Gasteiger partial charge on any atom is -0.461 e. The zero-order chi connectivity index (χ0) is 13.3. The molecule has 18 heavy (non-hydrogen) atoms. The average Bonchev–Trinajstić information content (AvgIpc) is 2.75. The fourth-order valence-electron chi connectivity index (χ4n) is 1.50. The highest BCUT2D eigenvalue weighted by molar-refractivity contribution is 6.34. The molecule has 1 heterocycles. The summed E-state index contributed by atoms with van der Waals surface area (Å²) in [4.78, 5) is 11.2. The molecular formula is C12H9ClF2O3. The maximum atomic E-state index is 13.7. The Bertz CT molecular complexity index is 592. The fraction of sp³-hybridized carbons (Fsp3) is 0.250. The van der Waals surface area contributed by atoms with Crippen molar-refractivity contribution in [2.24, 2.45) is 0 Å². The maximum Gasteiger partial charge on any atom is 0.399 e. The maximum absolute atomic E-state index is 13.7. The van der Waals surface area contributed by atoms with E-state index in [1.54, 1.807) is 12.1 Å². The molecular weight excluding hydrogens is 266 g/mol. The van der Waals surface area contributed by atoms with Gasteiger partial charge in [-0.25, -0.2) is 4.79 Å². The average molecular weight is 275 g/mol. The molecule has 2 rings (SSSR count). The lowest BCUT2D eigenvalue weighted by molar-refractivity contribution is -0.175. The molecule has 0 fully saturated rings. The van der Waals surface area contributed by atoms with E-state index in [0.29, 0.717) is 5.39 Å². The summed E-state index contributed by atoms with van der Waals surface area (Å²) in [7, 11) is 0. The van der Waals surface area contributed by atoms with Crippen molar-refractivity contribution < 1.29 is 22.7 Å². The second kappa shape index (κ2) is 4.57. The Hall–Kier alpha value is -1.62. The molecule has 1 aromatic carbocycles. The van der Waals surface area contributed by atoms with Crippen LogP contribution in [-0.2, 0) is 15.5 Å². The predicted molar refractivity (Wildman–Crippen MR) is 61.8 cm³/mol. The van der Waals surface area contributed by atoms with Crippen molar-refractivity contribution in [3.05, 3.63) is 35.0 Å². The number of carbonyl (C=O) groups is 1. The standard InChI is InChI=1S/C12H9ClF2O3/c1-2-17-11(16)12(14,15)9-6-7-4-3-5-8(13)10(7)18-9/h3-6H,2H2,1H3. The zero-order valence-corrected chi connectivity index (χ0v) is 10.1. The van der Waals surface area contributed by atoms with E-state index in [1.807, 2.05) is 0 Å². The van der Waals surface area contributed by atoms with Gasteiger partial charge in [0.1, 0.15) is 0 Å². The quantitative estimate of drug-likeness (QED) is 0.801. The van der Waals surface area contributed by atoms with Crippen LogP contribution in [0.15, 0.2) is 28.7 Å². The third kappa shape index (κ3) is 2.06. The summed E-state index contributed by atoms with van der Waals surface area (Å²) >= 11 is 5.81. The molecule has 0 aliphatic carbocycles. The van der Waals surface area contributed by atoms with Crippen LogP contribution in [0.2, 0.25) is 5.02 Å². The Labute approximate surface area is 106 Å². The van der Waals surface area contributed by atoms with Gasteiger partial charge in [-0.15, -0.1) is 0 Å². The van der Waals surface area contributed by atoms with Crippen molar-refractivity contribution in [3.8, 4) is 0 Å². The second-order valence-electron chi connectivity index (χ2n) is 3.56. The minimum atomic E-state index is -3.82. The molecule has 0 unspecified atom stereocenters. The van der Waals surface area contributed by atoms with Gasteiger partial charge in [0.15, 0.2) is 11.3 Å². The number of carbonyl (C=O) groups excluding carboxylic acids is 1. The van der Waals surface area contributed by atoms with E-state index >= 15 is 0 Å². The van der Waals surface area contributed by atoms with Gasteiger partial charge in [0, 0.05) is 5.39 Å². The summed E-state index contributed by atoms with van der Waals surface area (Å²) < 4.78 is 36.6. The lowest BCUT2D eigenvalue weighted by Crippen LogP contribution is -2.27. The van der Waals surface area contributed by atoms with Crippen molar-refractivity contribution in [2.45, 2.75) is 12.8 Å². The van der Waals surface area contributed by atoms with Crippen LogP contribution < -0.4 is 0 Å². The van der Waals surface area contributed by atoms with Gasteiger partial charge in [-0.3, -0.25) is 0 Å². The fourth-order valence-corrected chi connectivity index (χ4v) is 1.72. The topological polar surface area (TPSA) is 39.4 Å². The first-order valence-corrected chi connectivity index (χ1v) is 5.58. The van der Waals surface area contributed by atoms with Crippen molar-refractivity contribution >= 4 is 28.5 Å². The van der Waals surface area contributed by atoms with Crippen molar-refractivity contribution in [1.29, 1.82) is 0 Å². The Balaban J connectivity index is 2.48. The number of esters is 1. The van der Waals surface area contributed by atoms with E-state index in [-0.39, 0.29) is 17.2 Å². The molecule has 0 N–H and O–H groups in total. The Morgan fingerprint density at radius 2 is 2.22 bits per heavy atom. The molecule has 1 aromatic heterocycles. The normalized spacial score (nSPS) is 11.8. The van der Waals surface area contributed by atoms with E-state index in [9.17, 15) is 13.6 Å². The van der Waals surface area contributed by atoms with Gasteiger partial charge >= 0.3 is 11.9 Å². The number of ether oxygens (including phenoxy) is 1. The molecule has 0 bridgehead atoms. The molecule has 2 aromatic rings. The molecule has 6 heteroatoms. The van der Waals surface area contributed by atoms with E-state index < -0.39 is 17.7 Å². The number of halogens is 3. The molecule has 0 amide bonds. The van der Waals surface area contributed by atoms with Crippen LogP contribution in [-0.4, -0.2) is 12.6 Å². The first-order valence-electron chi connectivity index (χ1n) is 5.20. The van der Waals surface area contributed by atoms with Crippen LogP contribution in [0, 0.1) is 0 Å². The third-order valence-electron chi connectivity index (χ3n) is 2.34. The Morgan fingerprint density at radius 3 is 2.83 bits per heavy atom. The highest BCUT2D eigenvalue weighted by atomic mass is 35.5. The molecule has 0 saturated heterocycles. The summed E-state index contributed by atoms with van der Waals surface area (Å²) in [5.74, 6) is -6.23. The lowest BCUT2D eigenvalue weighted by atomic mass is 10.2. The van der Waals surface area contributed by atoms with Gasteiger partial charge in [0.2, 0.25) is 0 Å². The number of rotatable bonds is 3. The van der Waals surface area contributed by atoms with Gasteiger partial charge in [-0.2, -0.15) is 8.78 Å². The van der Waals surface area contributed by atoms with Gasteiger partial charge in [-0.05, 0) is 19.1 Å². The number of para-hydroxylation sites is 1. The molecule has 0 aliphatic heterocycles. The number of furan rings is 1. The molecule has 0 atom stereocenters. The van der Waals surface area contributed by atoms with E-state index in [2.05, 4.69) is 4.74 Å². The number of hydrogen-bond donors (Lipinski definition) is 0. The smallest absolute Gasteiger partial charge is 0.399 e. The molecule has 96 valence electrons. The van der Waals surface area contributed by atoms with Crippen LogP contribution in [0.4, 0.5) is 8.78 Å². The molecule has 0 aliphatic rings. The second-order valence-corrected chi connectivity index (χ2v) is 3.97. The summed E-state index contributed by atoms with van der Waals surface area (Å²) in [6, 6.07) is 5.76. The number of hydrogen-bond acceptors (Lipinski definition) is 3. The van der Waals surface area contributed by atoms with E-state index in [4.69, 9.17) is 16.0 Å². The Morgan fingerprint density at radius 1 is 1.50 bits per heavy atom. The van der Waals surface area contributed by atoms with Gasteiger partial charge < -0.3 is 9.15 Å². The third-order valence-corrected chi connectivity index (χ3v) is 2.63.